The number of nitrogens with zero attached hydrogens (tertiary/aromatic N) is 10. The molecule has 6 aromatic carbocycles. The Kier molecular flexibility index (Phi) is 33.3. The van der Waals surface area contributed by atoms with Crippen LogP contribution in [0.25, 0.3) is 0 Å². The highest BCUT2D eigenvalue weighted by atomic mass is 79.9. The Morgan fingerprint density at radius 3 is 1.36 bits per heavy atom. The molecular weight excluding hydrogens is 1840 g/mol. The van der Waals surface area contributed by atoms with Crippen LogP contribution in [-0.4, -0.2) is 237 Å². The molecule has 6 amide bonds. The number of sulfone groups is 2. The zero-order chi connectivity index (χ0) is 94.4. The fraction of sp³-hybridized carbons (Fsp3) is 0.391. The van der Waals surface area contributed by atoms with Crippen LogP contribution < -0.4 is 29.4 Å². The van der Waals surface area contributed by atoms with E-state index < -0.39 is 49.5 Å². The van der Waals surface area contributed by atoms with Gasteiger partial charge in [0.2, 0.25) is 0 Å². The summed E-state index contributed by atoms with van der Waals surface area (Å²) in [6.07, 6.45) is 6.74. The molecule has 129 heavy (non-hydrogen) atoms. The molecule has 37 heteroatoms. The standard InChI is InChI=1S/C21H24BrN3O3S.C20H24BrN3O3S.3C13H15NO4.C12H12FNO4/c1-14-11-18(15-3-4-15)20(23-13-14)24-7-9-25(10-8-24)21(26)17-6-5-16(22)12-19(17)29(2,27)28;1-13-11-14(2)19(22-15(13)3)23-7-9-24(10-8-23)20(25)17-6-5-16(21)12-18(17)28(4,26)27;1-8-6-10(12(15)17-3)4-5-11(8)14-9(2)7-18-13(14)16;1-8(2)11-7-18-13(17)14(11)10-5-3-9(4-6-10)12(15)16;1-2-3-11-8-18-13(17)14(11)10-6-4-9(5-7-10)12(15)16;1-7-6-18-12(16)14(7)10-4-3-8(5-9(10)13)11(15)17-2/h5-6,11-13,15H,3-4,7-10H2,1-2H3;5-6,11-12H,7-10H2,1-4H3;4-6,9H,7H2,1-3H3;3-6,8,11H,7H2,1-2H3,(H,15,16);4-7,11H,2-3,8H2,1H3,(H,15,16);3-5,7H,6H2,1-2H3/t;;9-;2*11-;7-/m..1111/s1. The van der Waals surface area contributed by atoms with E-state index in [9.17, 15) is 69.2 Å². The van der Waals surface area contributed by atoms with Gasteiger partial charge in [-0.15, -0.1) is 0 Å². The van der Waals surface area contributed by atoms with Gasteiger partial charge in [0.1, 0.15) is 43.9 Å². The van der Waals surface area contributed by atoms with Crippen LogP contribution in [0.4, 0.5) is 58.0 Å². The molecule has 1 saturated carbocycles. The minimum absolute atomic E-state index is 0.000164. The number of rotatable bonds is 18. The van der Waals surface area contributed by atoms with E-state index in [1.165, 1.54) is 97.2 Å². The molecule has 4 atom stereocenters. The summed E-state index contributed by atoms with van der Waals surface area (Å²) in [4.78, 5) is 140. The number of esters is 2. The molecule has 6 saturated heterocycles. The summed E-state index contributed by atoms with van der Waals surface area (Å²) in [5.41, 5.74) is 10.3. The lowest BCUT2D eigenvalue weighted by Gasteiger charge is -2.36. The molecule has 8 aromatic rings. The lowest BCUT2D eigenvalue weighted by molar-refractivity contribution is 0.0591. The third-order valence-corrected chi connectivity index (χ3v) is 25.5. The van der Waals surface area contributed by atoms with Crippen LogP contribution in [-0.2, 0) is 48.1 Å². The molecule has 2 aromatic heterocycles. The molecular formula is C92H105Br2FN10O22S2. The summed E-state index contributed by atoms with van der Waals surface area (Å²) in [5.74, 6) is -1.26. The summed E-state index contributed by atoms with van der Waals surface area (Å²) in [5, 5.41) is 17.7. The zero-order valence-electron chi connectivity index (χ0n) is 74.0. The van der Waals surface area contributed by atoms with Crippen LogP contribution in [0, 0.1) is 46.4 Å². The van der Waals surface area contributed by atoms with Crippen molar-refractivity contribution in [3.63, 3.8) is 0 Å². The quantitative estimate of drug-likeness (QED) is 0.0595. The summed E-state index contributed by atoms with van der Waals surface area (Å²) in [6.45, 7) is 25.9. The minimum Gasteiger partial charge on any atom is -0.478 e. The number of benzene rings is 6. The van der Waals surface area contributed by atoms with Crippen molar-refractivity contribution in [1.29, 1.82) is 0 Å². The number of pyridine rings is 2. The molecule has 0 radical (unpaired) electrons. The third-order valence-electron chi connectivity index (χ3n) is 22.3. The first-order chi connectivity index (χ1) is 61.0. The van der Waals surface area contributed by atoms with Crippen LogP contribution in [0.1, 0.15) is 162 Å². The van der Waals surface area contributed by atoms with E-state index in [0.717, 1.165) is 65.6 Å². The second-order valence-corrected chi connectivity index (χ2v) is 38.0. The Labute approximate surface area is 765 Å². The van der Waals surface area contributed by atoms with Gasteiger partial charge in [-0.05, 0) is 229 Å². The average molecular weight is 1950 g/mol. The number of aryl methyl sites for hydroxylation is 5. The van der Waals surface area contributed by atoms with E-state index in [0.29, 0.717) is 104 Å². The third kappa shape index (κ3) is 24.7. The normalized spacial score (nSPS) is 17.7. The van der Waals surface area contributed by atoms with Gasteiger partial charge in [-0.2, -0.15) is 0 Å². The van der Waals surface area contributed by atoms with Gasteiger partial charge in [0, 0.05) is 97.1 Å². The molecule has 0 bridgehead atoms. The molecule has 0 unspecified atom stereocenters. The molecule has 15 rings (SSSR count). The monoisotopic (exact) mass is 1940 g/mol. The number of carboxylic acid groups (broad SMARTS) is 2. The molecule has 1 aliphatic carbocycles. The van der Waals surface area contributed by atoms with Crippen LogP contribution in [0.3, 0.4) is 0 Å². The number of hydrogen-bond acceptors (Lipinski definition) is 24. The van der Waals surface area contributed by atoms with Crippen LogP contribution in [0.5, 0.6) is 0 Å². The van der Waals surface area contributed by atoms with Crippen molar-refractivity contribution in [2.24, 2.45) is 5.92 Å². The molecule has 0 spiro atoms. The van der Waals surface area contributed by atoms with Gasteiger partial charge >= 0.3 is 48.3 Å². The second-order valence-electron chi connectivity index (χ2n) is 32.2. The Morgan fingerprint density at radius 1 is 0.512 bits per heavy atom. The molecule has 2 N–H and O–H groups in total. The Balaban J connectivity index is 0.000000163. The van der Waals surface area contributed by atoms with Crippen LogP contribution in [0.2, 0.25) is 0 Å². The summed E-state index contributed by atoms with van der Waals surface area (Å²) in [7, 11) is -4.45. The number of cyclic esters (lactones) is 4. The van der Waals surface area contributed by atoms with E-state index in [1.807, 2.05) is 54.7 Å². The zero-order valence-corrected chi connectivity index (χ0v) is 78.8. The van der Waals surface area contributed by atoms with Crippen LogP contribution in [0.15, 0.2) is 158 Å². The predicted octanol–water partition coefficient (Wildman–Crippen LogP) is 15.5. The molecule has 8 heterocycles. The largest absolute Gasteiger partial charge is 0.478 e. The Morgan fingerprint density at radius 2 is 0.938 bits per heavy atom. The number of ether oxygens (including phenoxy) is 6. The molecule has 7 aliphatic rings. The lowest BCUT2D eigenvalue weighted by Crippen LogP contribution is -2.49. The van der Waals surface area contributed by atoms with E-state index in [2.05, 4.69) is 82.1 Å². The number of methoxy groups -OCH3 is 2. The number of hydrogen-bond donors (Lipinski definition) is 2. The smallest absolute Gasteiger partial charge is 0.414 e. The number of carboxylic acids is 2. The van der Waals surface area contributed by atoms with Gasteiger partial charge in [0.05, 0.1) is 92.9 Å². The number of carbonyl (C=O) groups is 10. The first kappa shape index (κ1) is 99.1. The first-order valence-corrected chi connectivity index (χ1v) is 47.0. The number of halogens is 3. The van der Waals surface area contributed by atoms with Gasteiger partial charge in [-0.25, -0.2) is 69.6 Å². The number of anilines is 6. The van der Waals surface area contributed by atoms with E-state index >= 15 is 0 Å². The maximum absolute atomic E-state index is 13.9. The highest BCUT2D eigenvalue weighted by Crippen LogP contribution is 2.44. The van der Waals surface area contributed by atoms with E-state index in [1.54, 1.807) is 98.2 Å². The van der Waals surface area contributed by atoms with Gasteiger partial charge in [-0.1, -0.05) is 71.2 Å². The fourth-order valence-corrected chi connectivity index (χ4v) is 17.9. The Bertz CT molecular complexity index is 5680. The Hall–Kier alpha value is -12.1. The summed E-state index contributed by atoms with van der Waals surface area (Å²) < 4.78 is 92.7. The first-order valence-electron chi connectivity index (χ1n) is 41.6. The van der Waals surface area contributed by atoms with Crippen molar-refractivity contribution in [2.75, 3.05) is 135 Å². The maximum Gasteiger partial charge on any atom is 0.414 e. The van der Waals surface area contributed by atoms with E-state index in [4.69, 9.17) is 34.1 Å². The topological polar surface area (TPSA) is 387 Å². The maximum atomic E-state index is 13.9. The highest BCUT2D eigenvalue weighted by Gasteiger charge is 2.40. The highest BCUT2D eigenvalue weighted by molar-refractivity contribution is 9.10. The van der Waals surface area contributed by atoms with Crippen molar-refractivity contribution in [3.8, 4) is 0 Å². The van der Waals surface area contributed by atoms with Gasteiger partial charge in [0.15, 0.2) is 19.7 Å². The number of piperazine rings is 2. The van der Waals surface area contributed by atoms with Gasteiger partial charge in [-0.3, -0.25) is 29.2 Å². The minimum atomic E-state index is -3.51. The molecule has 6 aliphatic heterocycles. The number of carbonyl (C=O) groups excluding carboxylic acids is 8. The SMILES string of the molecule is CC(C)[C@H]1COC(=O)N1c1ccc(C(=O)O)cc1.CCC[C@@H]1COC(=O)N1c1ccc(C(=O)O)cc1.COC(=O)c1ccc(N2C(=O)OC[C@H]2C)c(C)c1.COC(=O)c1ccc(N2C(=O)OC[C@H]2C)c(F)c1.Cc1cc(C)c(N2CCN(C(=O)c3ccc(Br)cc3S(C)(=O)=O)CC2)nc1C.Cc1cnc(N2CCN(C(=O)c3ccc(Br)cc3S(C)(=O)=O)CC2)c(C2CC2)c1. The summed E-state index contributed by atoms with van der Waals surface area (Å²) >= 11 is 6.58. The lowest BCUT2D eigenvalue weighted by atomic mass is 10.0. The molecule has 32 nitrogen and oxygen atoms in total. The average Bonchev–Trinajstić information content (AvgIpc) is 1.01. The van der Waals surface area contributed by atoms with Crippen molar-refractivity contribution >= 4 is 146 Å². The molecule has 7 fully saturated rings. The van der Waals surface area contributed by atoms with Crippen molar-refractivity contribution in [2.45, 2.75) is 135 Å². The van der Waals surface area contributed by atoms with Crippen LogP contribution >= 0.6 is 31.9 Å². The predicted molar refractivity (Wildman–Crippen MR) is 489 cm³/mol. The number of amides is 6. The number of aromatic nitrogens is 2. The molecule has 688 valence electrons. The number of aromatic carboxylic acids is 2. The van der Waals surface area contributed by atoms with Gasteiger partial charge < -0.3 is 58.2 Å². The van der Waals surface area contributed by atoms with Gasteiger partial charge in [0.25, 0.3) is 11.8 Å². The van der Waals surface area contributed by atoms with Crippen molar-refractivity contribution in [1.82, 2.24) is 19.8 Å². The van der Waals surface area contributed by atoms with E-state index in [-0.39, 0.29) is 116 Å². The second kappa shape index (κ2) is 43.3. The fourth-order valence-electron chi connectivity index (χ4n) is 15.1. The van der Waals surface area contributed by atoms with Crippen molar-refractivity contribution in [3.05, 3.63) is 221 Å². The summed E-state index contributed by atoms with van der Waals surface area (Å²) in [6, 6.07) is 35.1. The van der Waals surface area contributed by atoms with Crippen molar-refractivity contribution < 1.29 is 108 Å².